The summed E-state index contributed by atoms with van der Waals surface area (Å²) in [5.74, 6) is 0. The lowest BCUT2D eigenvalue weighted by Crippen LogP contribution is -2.31. The highest BCUT2D eigenvalue weighted by Gasteiger charge is 2.24. The number of nitrogens with two attached hydrogens (primary N) is 1. The second kappa shape index (κ2) is 4.98. The molecule has 1 aliphatic carbocycles. The zero-order chi connectivity index (χ0) is 11.5. The van der Waals surface area contributed by atoms with Crippen LogP contribution in [0.3, 0.4) is 0 Å². The van der Waals surface area contributed by atoms with Crippen LogP contribution in [0.4, 0.5) is 0 Å². The van der Waals surface area contributed by atoms with Crippen molar-refractivity contribution in [1.82, 2.24) is 0 Å². The molecule has 1 saturated carbocycles. The number of hydrogen-bond donors (Lipinski definition) is 1. The monoisotopic (exact) mass is 219 g/mol. The van der Waals surface area contributed by atoms with E-state index < -0.39 is 0 Å². The summed E-state index contributed by atoms with van der Waals surface area (Å²) in [4.78, 5) is 0. The maximum atomic E-state index is 5.99. The van der Waals surface area contributed by atoms with E-state index in [-0.39, 0.29) is 12.1 Å². The molecule has 0 aromatic heterocycles. The smallest absolute Gasteiger partial charge is 0.0730 e. The van der Waals surface area contributed by atoms with Crippen molar-refractivity contribution >= 4 is 0 Å². The average Bonchev–Trinajstić information content (AvgIpc) is 2.66. The van der Waals surface area contributed by atoms with Gasteiger partial charge in [0, 0.05) is 6.04 Å². The molecule has 0 bridgehead atoms. The summed E-state index contributed by atoms with van der Waals surface area (Å²) in [5, 5.41) is 0. The summed E-state index contributed by atoms with van der Waals surface area (Å²) < 4.78 is 5.91. The molecular formula is C14H21NO. The molecule has 0 saturated heterocycles. The Morgan fingerprint density at radius 1 is 1.31 bits per heavy atom. The largest absolute Gasteiger partial charge is 0.372 e. The van der Waals surface area contributed by atoms with Gasteiger partial charge in [0.1, 0.15) is 0 Å². The van der Waals surface area contributed by atoms with Gasteiger partial charge in [-0.15, -0.1) is 0 Å². The van der Waals surface area contributed by atoms with Crippen molar-refractivity contribution in [3.8, 4) is 0 Å². The molecule has 88 valence electrons. The summed E-state index contributed by atoms with van der Waals surface area (Å²) in [6.07, 6.45) is 3.70. The molecular weight excluding hydrogens is 198 g/mol. The fraction of sp³-hybridized carbons (Fsp3) is 0.571. The van der Waals surface area contributed by atoms with Crippen molar-refractivity contribution in [2.75, 3.05) is 0 Å². The van der Waals surface area contributed by atoms with E-state index in [0.29, 0.717) is 6.61 Å². The van der Waals surface area contributed by atoms with Crippen molar-refractivity contribution in [3.63, 3.8) is 0 Å². The number of aryl methyl sites for hydroxylation is 2. The summed E-state index contributed by atoms with van der Waals surface area (Å²) in [6.45, 7) is 4.95. The molecule has 1 aromatic carbocycles. The Morgan fingerprint density at radius 3 is 2.81 bits per heavy atom. The Hall–Kier alpha value is -0.860. The molecule has 2 rings (SSSR count). The lowest BCUT2D eigenvalue weighted by Gasteiger charge is -2.17. The van der Waals surface area contributed by atoms with E-state index in [2.05, 4.69) is 32.0 Å². The van der Waals surface area contributed by atoms with Gasteiger partial charge >= 0.3 is 0 Å². The molecule has 0 amide bonds. The normalized spacial score (nSPS) is 24.9. The highest BCUT2D eigenvalue weighted by Crippen LogP contribution is 2.22. The van der Waals surface area contributed by atoms with Gasteiger partial charge in [0.15, 0.2) is 0 Å². The van der Waals surface area contributed by atoms with E-state index in [1.165, 1.54) is 23.1 Å². The standard InChI is InChI=1S/C14H21NO/c1-10-6-7-11(2)12(8-10)9-16-14-5-3-4-13(14)15/h6-8,13-14H,3-5,9,15H2,1-2H3/t13-,14-/m0/s1. The topological polar surface area (TPSA) is 35.2 Å². The van der Waals surface area contributed by atoms with Crippen LogP contribution in [0.5, 0.6) is 0 Å². The van der Waals surface area contributed by atoms with Gasteiger partial charge in [-0.25, -0.2) is 0 Å². The molecule has 0 spiro atoms. The molecule has 1 aromatic rings. The third kappa shape index (κ3) is 2.63. The number of rotatable bonds is 3. The van der Waals surface area contributed by atoms with Gasteiger partial charge in [-0.3, -0.25) is 0 Å². The van der Waals surface area contributed by atoms with Crippen molar-refractivity contribution in [2.45, 2.75) is 51.9 Å². The number of benzene rings is 1. The first-order chi connectivity index (χ1) is 7.66. The Kier molecular flexibility index (Phi) is 3.62. The predicted octanol–water partition coefficient (Wildman–Crippen LogP) is 2.70. The molecule has 2 nitrogen and oxygen atoms in total. The first-order valence-corrected chi connectivity index (χ1v) is 6.10. The van der Waals surface area contributed by atoms with Gasteiger partial charge in [-0.2, -0.15) is 0 Å². The van der Waals surface area contributed by atoms with Crippen molar-refractivity contribution < 1.29 is 4.74 Å². The SMILES string of the molecule is Cc1ccc(C)c(CO[C@H]2CCC[C@@H]2N)c1. The zero-order valence-corrected chi connectivity index (χ0v) is 10.2. The molecule has 0 radical (unpaired) electrons. The third-order valence-corrected chi connectivity index (χ3v) is 3.46. The van der Waals surface area contributed by atoms with Crippen molar-refractivity contribution in [1.29, 1.82) is 0 Å². The van der Waals surface area contributed by atoms with Crippen LogP contribution in [0.2, 0.25) is 0 Å². The first kappa shape index (κ1) is 11.6. The number of hydrogen-bond acceptors (Lipinski definition) is 2. The predicted molar refractivity (Wildman–Crippen MR) is 66.3 cm³/mol. The van der Waals surface area contributed by atoms with Gasteiger partial charge in [0.05, 0.1) is 12.7 Å². The molecule has 2 N–H and O–H groups in total. The van der Waals surface area contributed by atoms with E-state index in [9.17, 15) is 0 Å². The summed E-state index contributed by atoms with van der Waals surface area (Å²) >= 11 is 0. The fourth-order valence-electron chi connectivity index (χ4n) is 2.31. The van der Waals surface area contributed by atoms with Crippen molar-refractivity contribution in [2.24, 2.45) is 5.73 Å². The zero-order valence-electron chi connectivity index (χ0n) is 10.2. The Bertz CT molecular complexity index is 362. The minimum absolute atomic E-state index is 0.241. The van der Waals surface area contributed by atoms with Crippen LogP contribution in [0.1, 0.15) is 36.0 Å². The summed E-state index contributed by atoms with van der Waals surface area (Å²) in [7, 11) is 0. The molecule has 1 aliphatic rings. The molecule has 2 atom stereocenters. The highest BCUT2D eigenvalue weighted by atomic mass is 16.5. The molecule has 0 heterocycles. The van der Waals surface area contributed by atoms with Crippen molar-refractivity contribution in [3.05, 3.63) is 34.9 Å². The molecule has 0 unspecified atom stereocenters. The highest BCUT2D eigenvalue weighted by molar-refractivity contribution is 5.29. The lowest BCUT2D eigenvalue weighted by atomic mass is 10.1. The van der Waals surface area contributed by atoms with Crippen LogP contribution in [0.15, 0.2) is 18.2 Å². The van der Waals surface area contributed by atoms with Crippen LogP contribution in [0, 0.1) is 13.8 Å². The third-order valence-electron chi connectivity index (χ3n) is 3.46. The maximum absolute atomic E-state index is 5.99. The Labute approximate surface area is 97.8 Å². The van der Waals surface area contributed by atoms with Crippen LogP contribution in [-0.2, 0) is 11.3 Å². The van der Waals surface area contributed by atoms with Crippen LogP contribution in [0.25, 0.3) is 0 Å². The molecule has 0 aliphatic heterocycles. The molecule has 2 heteroatoms. The van der Waals surface area contributed by atoms with E-state index >= 15 is 0 Å². The van der Waals surface area contributed by atoms with Gasteiger partial charge in [-0.05, 0) is 44.2 Å². The molecule has 16 heavy (non-hydrogen) atoms. The first-order valence-electron chi connectivity index (χ1n) is 6.10. The van der Waals surface area contributed by atoms with Gasteiger partial charge in [0.25, 0.3) is 0 Å². The van der Waals surface area contributed by atoms with Crippen LogP contribution >= 0.6 is 0 Å². The Balaban J connectivity index is 1.96. The van der Waals surface area contributed by atoms with E-state index in [1.807, 2.05) is 0 Å². The van der Waals surface area contributed by atoms with Crippen LogP contribution < -0.4 is 5.73 Å². The van der Waals surface area contributed by atoms with E-state index in [4.69, 9.17) is 10.5 Å². The quantitative estimate of drug-likeness (QED) is 0.848. The maximum Gasteiger partial charge on any atom is 0.0730 e. The minimum Gasteiger partial charge on any atom is -0.372 e. The van der Waals surface area contributed by atoms with Crippen LogP contribution in [-0.4, -0.2) is 12.1 Å². The van der Waals surface area contributed by atoms with Gasteiger partial charge in [0.2, 0.25) is 0 Å². The minimum atomic E-state index is 0.241. The Morgan fingerprint density at radius 2 is 2.12 bits per heavy atom. The lowest BCUT2D eigenvalue weighted by molar-refractivity contribution is 0.0354. The second-order valence-electron chi connectivity index (χ2n) is 4.87. The fourth-order valence-corrected chi connectivity index (χ4v) is 2.31. The number of ether oxygens (including phenoxy) is 1. The van der Waals surface area contributed by atoms with E-state index in [1.54, 1.807) is 0 Å². The summed E-state index contributed by atoms with van der Waals surface area (Å²) in [5.41, 5.74) is 9.87. The van der Waals surface area contributed by atoms with Gasteiger partial charge < -0.3 is 10.5 Å². The summed E-state index contributed by atoms with van der Waals surface area (Å²) in [6, 6.07) is 6.74. The average molecular weight is 219 g/mol. The molecule has 1 fully saturated rings. The van der Waals surface area contributed by atoms with E-state index in [0.717, 1.165) is 12.8 Å². The van der Waals surface area contributed by atoms with Gasteiger partial charge in [-0.1, -0.05) is 23.8 Å². The second-order valence-corrected chi connectivity index (χ2v) is 4.87.